The molecule has 0 saturated heterocycles. The molecular formula is C26H36. The Hall–Kier alpha value is -1.56. The predicted molar refractivity (Wildman–Crippen MR) is 115 cm³/mol. The first-order valence-corrected chi connectivity index (χ1v) is 10.9. The smallest absolute Gasteiger partial charge is 0.0152 e. The van der Waals surface area contributed by atoms with Crippen molar-refractivity contribution in [1.82, 2.24) is 0 Å². The molecule has 0 atom stereocenters. The van der Waals surface area contributed by atoms with Crippen molar-refractivity contribution in [3.05, 3.63) is 59.2 Å². The van der Waals surface area contributed by atoms with E-state index >= 15 is 0 Å². The largest absolute Gasteiger partial charge is 0.0654 e. The molecule has 0 aromatic heterocycles. The molecule has 26 heavy (non-hydrogen) atoms. The zero-order chi connectivity index (χ0) is 18.4. The highest BCUT2D eigenvalue weighted by Gasteiger charge is 2.22. The molecule has 0 nitrogen and oxygen atoms in total. The van der Waals surface area contributed by atoms with Gasteiger partial charge in [0.2, 0.25) is 0 Å². The SMILES string of the molecule is CCCCCC1CCC(c2ccc(-c3ccc(C)cc3CC)cc2)CC1. The second-order valence-electron chi connectivity index (χ2n) is 8.35. The molecule has 1 aliphatic carbocycles. The summed E-state index contributed by atoms with van der Waals surface area (Å²) >= 11 is 0. The maximum absolute atomic E-state index is 2.40. The van der Waals surface area contributed by atoms with Gasteiger partial charge in [0.05, 0.1) is 0 Å². The summed E-state index contributed by atoms with van der Waals surface area (Å²) in [7, 11) is 0. The fourth-order valence-electron chi connectivity index (χ4n) is 4.70. The van der Waals surface area contributed by atoms with Crippen molar-refractivity contribution >= 4 is 0 Å². The quantitative estimate of drug-likeness (QED) is 0.444. The standard InChI is InChI=1S/C26H36/c1-4-6-7-8-21-10-12-23(13-11-21)24-14-16-25(17-15-24)26-18-9-20(3)19-22(26)5-2/h9,14-19,21,23H,4-8,10-13H2,1-3H3. The van der Waals surface area contributed by atoms with Crippen molar-refractivity contribution in [2.45, 2.75) is 84.5 Å². The van der Waals surface area contributed by atoms with Crippen molar-refractivity contribution < 1.29 is 0 Å². The minimum Gasteiger partial charge on any atom is -0.0654 e. The molecular weight excluding hydrogens is 312 g/mol. The highest BCUT2D eigenvalue weighted by Crippen LogP contribution is 2.38. The summed E-state index contributed by atoms with van der Waals surface area (Å²) in [5, 5.41) is 0. The molecule has 2 aromatic rings. The van der Waals surface area contributed by atoms with Crippen molar-refractivity contribution in [1.29, 1.82) is 0 Å². The van der Waals surface area contributed by atoms with Crippen LogP contribution in [0.2, 0.25) is 0 Å². The molecule has 0 spiro atoms. The first-order chi connectivity index (χ1) is 12.7. The molecule has 3 rings (SSSR count). The van der Waals surface area contributed by atoms with Gasteiger partial charge in [-0.2, -0.15) is 0 Å². The lowest BCUT2D eigenvalue weighted by atomic mass is 9.77. The lowest BCUT2D eigenvalue weighted by Crippen LogP contribution is -2.13. The molecule has 1 aliphatic rings. The Balaban J connectivity index is 1.62. The van der Waals surface area contributed by atoms with Crippen molar-refractivity contribution in [3.8, 4) is 11.1 Å². The Kier molecular flexibility index (Phi) is 6.94. The Morgan fingerprint density at radius 2 is 1.58 bits per heavy atom. The van der Waals surface area contributed by atoms with Crippen molar-refractivity contribution in [3.63, 3.8) is 0 Å². The second-order valence-corrected chi connectivity index (χ2v) is 8.35. The Morgan fingerprint density at radius 3 is 2.23 bits per heavy atom. The summed E-state index contributed by atoms with van der Waals surface area (Å²) < 4.78 is 0. The minimum atomic E-state index is 0.787. The van der Waals surface area contributed by atoms with Gasteiger partial charge in [-0.25, -0.2) is 0 Å². The zero-order valence-electron chi connectivity index (χ0n) is 17.1. The third kappa shape index (κ3) is 4.78. The number of hydrogen-bond donors (Lipinski definition) is 0. The molecule has 0 unspecified atom stereocenters. The van der Waals surface area contributed by atoms with Crippen LogP contribution in [0, 0.1) is 12.8 Å². The van der Waals surface area contributed by atoms with E-state index in [1.54, 1.807) is 5.56 Å². The lowest BCUT2D eigenvalue weighted by molar-refractivity contribution is 0.303. The van der Waals surface area contributed by atoms with Gasteiger partial charge in [0.15, 0.2) is 0 Å². The molecule has 0 heterocycles. The molecule has 0 N–H and O–H groups in total. The van der Waals surface area contributed by atoms with Gasteiger partial charge < -0.3 is 0 Å². The molecule has 1 saturated carbocycles. The van der Waals surface area contributed by atoms with E-state index in [0.29, 0.717) is 0 Å². The number of hydrogen-bond acceptors (Lipinski definition) is 0. The minimum absolute atomic E-state index is 0.787. The number of aryl methyl sites for hydroxylation is 2. The van der Waals surface area contributed by atoms with Crippen LogP contribution in [0.4, 0.5) is 0 Å². The number of rotatable bonds is 7. The predicted octanol–water partition coefficient (Wildman–Crippen LogP) is 8.08. The van der Waals surface area contributed by atoms with E-state index in [1.807, 2.05) is 0 Å². The van der Waals surface area contributed by atoms with Crippen LogP contribution in [0.3, 0.4) is 0 Å². The summed E-state index contributed by atoms with van der Waals surface area (Å²) in [6.07, 6.45) is 12.4. The Labute approximate surface area is 161 Å². The van der Waals surface area contributed by atoms with E-state index in [9.17, 15) is 0 Å². The maximum Gasteiger partial charge on any atom is -0.0152 e. The maximum atomic E-state index is 2.40. The zero-order valence-corrected chi connectivity index (χ0v) is 17.1. The van der Waals surface area contributed by atoms with E-state index in [0.717, 1.165) is 18.3 Å². The van der Waals surface area contributed by atoms with Gasteiger partial charge in [-0.15, -0.1) is 0 Å². The third-order valence-corrected chi connectivity index (χ3v) is 6.40. The summed E-state index contributed by atoms with van der Waals surface area (Å²) in [6.45, 7) is 6.75. The third-order valence-electron chi connectivity index (χ3n) is 6.40. The van der Waals surface area contributed by atoms with Crippen molar-refractivity contribution in [2.24, 2.45) is 5.92 Å². The van der Waals surface area contributed by atoms with Crippen LogP contribution in [0.5, 0.6) is 0 Å². The molecule has 0 amide bonds. The molecule has 0 heteroatoms. The Morgan fingerprint density at radius 1 is 0.846 bits per heavy atom. The molecule has 0 aliphatic heterocycles. The normalized spacial score (nSPS) is 20.3. The van der Waals surface area contributed by atoms with E-state index < -0.39 is 0 Å². The lowest BCUT2D eigenvalue weighted by Gasteiger charge is -2.29. The first-order valence-electron chi connectivity index (χ1n) is 10.9. The van der Waals surface area contributed by atoms with E-state index in [1.165, 1.54) is 73.6 Å². The Bertz CT molecular complexity index is 672. The van der Waals surface area contributed by atoms with E-state index in [-0.39, 0.29) is 0 Å². The second kappa shape index (κ2) is 9.40. The van der Waals surface area contributed by atoms with Crippen LogP contribution < -0.4 is 0 Å². The molecule has 140 valence electrons. The van der Waals surface area contributed by atoms with Crippen LogP contribution in [-0.2, 0) is 6.42 Å². The van der Waals surface area contributed by atoms with Gasteiger partial charge in [-0.05, 0) is 73.1 Å². The van der Waals surface area contributed by atoms with E-state index in [4.69, 9.17) is 0 Å². The first kappa shape index (κ1) is 19.2. The summed E-state index contributed by atoms with van der Waals surface area (Å²) in [5.74, 6) is 1.78. The van der Waals surface area contributed by atoms with Crippen LogP contribution in [-0.4, -0.2) is 0 Å². The summed E-state index contributed by atoms with van der Waals surface area (Å²) in [5.41, 5.74) is 7.16. The summed E-state index contributed by atoms with van der Waals surface area (Å²) in [6, 6.07) is 16.4. The average molecular weight is 349 g/mol. The van der Waals surface area contributed by atoms with Crippen molar-refractivity contribution in [2.75, 3.05) is 0 Å². The molecule has 2 aromatic carbocycles. The van der Waals surface area contributed by atoms with Gasteiger partial charge in [0.25, 0.3) is 0 Å². The van der Waals surface area contributed by atoms with E-state index in [2.05, 4.69) is 63.2 Å². The highest BCUT2D eigenvalue weighted by atomic mass is 14.3. The van der Waals surface area contributed by atoms with Crippen LogP contribution in [0.1, 0.15) is 87.8 Å². The molecule has 0 bridgehead atoms. The monoisotopic (exact) mass is 348 g/mol. The summed E-state index contributed by atoms with van der Waals surface area (Å²) in [4.78, 5) is 0. The van der Waals surface area contributed by atoms with Crippen LogP contribution in [0.15, 0.2) is 42.5 Å². The fourth-order valence-corrected chi connectivity index (χ4v) is 4.70. The highest BCUT2D eigenvalue weighted by molar-refractivity contribution is 5.68. The van der Waals surface area contributed by atoms with Gasteiger partial charge in [0, 0.05) is 0 Å². The topological polar surface area (TPSA) is 0 Å². The molecule has 0 radical (unpaired) electrons. The van der Waals surface area contributed by atoms with Crippen LogP contribution >= 0.6 is 0 Å². The van der Waals surface area contributed by atoms with Gasteiger partial charge in [0.1, 0.15) is 0 Å². The van der Waals surface area contributed by atoms with Gasteiger partial charge in [-0.1, -0.05) is 87.6 Å². The average Bonchev–Trinajstić information content (AvgIpc) is 2.69. The number of benzene rings is 2. The van der Waals surface area contributed by atoms with Crippen LogP contribution in [0.25, 0.3) is 11.1 Å². The van der Waals surface area contributed by atoms with Gasteiger partial charge in [-0.3, -0.25) is 0 Å². The number of unbranched alkanes of at least 4 members (excludes halogenated alkanes) is 2. The fraction of sp³-hybridized carbons (Fsp3) is 0.538. The van der Waals surface area contributed by atoms with Gasteiger partial charge >= 0.3 is 0 Å². The molecule has 1 fully saturated rings.